The smallest absolute Gasteiger partial charge is 0.193 e. The zero-order valence-electron chi connectivity index (χ0n) is 19.7. The van der Waals surface area contributed by atoms with Gasteiger partial charge < -0.3 is 9.53 Å². The molecule has 0 amide bonds. The Labute approximate surface area is 179 Å². The van der Waals surface area contributed by atoms with Crippen LogP contribution in [-0.4, -0.2) is 31.4 Å². The van der Waals surface area contributed by atoms with E-state index in [2.05, 4.69) is 52.6 Å². The highest BCUT2D eigenvalue weighted by Crippen LogP contribution is 2.58. The van der Waals surface area contributed by atoms with Crippen LogP contribution in [0.1, 0.15) is 79.6 Å². The molecule has 29 heavy (non-hydrogen) atoms. The van der Waals surface area contributed by atoms with Gasteiger partial charge in [0, 0.05) is 11.3 Å². The molecule has 3 aliphatic rings. The maximum atomic E-state index is 12.5. The minimum atomic E-state index is -1.93. The van der Waals surface area contributed by atoms with Gasteiger partial charge in [-0.1, -0.05) is 65.7 Å². The first-order valence-corrected chi connectivity index (χ1v) is 14.7. The molecule has 164 valence electrons. The van der Waals surface area contributed by atoms with Gasteiger partial charge in [0.25, 0.3) is 0 Å². The molecule has 0 spiro atoms. The van der Waals surface area contributed by atoms with E-state index in [1.54, 1.807) is 0 Å². The summed E-state index contributed by atoms with van der Waals surface area (Å²) in [5.74, 6) is 8.01. The highest BCUT2D eigenvalue weighted by Gasteiger charge is 2.62. The Morgan fingerprint density at radius 2 is 1.79 bits per heavy atom. The number of carbonyl (C=O) groups excluding carboxylic acids is 1. The molecule has 0 aliphatic heterocycles. The number of rotatable bonds is 3. The summed E-state index contributed by atoms with van der Waals surface area (Å²) in [6.07, 6.45) is 7.25. The second kappa shape index (κ2) is 8.13. The summed E-state index contributed by atoms with van der Waals surface area (Å²) < 4.78 is 6.84. The summed E-state index contributed by atoms with van der Waals surface area (Å²) in [5, 5.41) is 10.9. The molecular weight excluding hydrogens is 376 g/mol. The summed E-state index contributed by atoms with van der Waals surface area (Å²) in [7, 11) is -1.93. The fourth-order valence-electron chi connectivity index (χ4n) is 5.71. The van der Waals surface area contributed by atoms with Gasteiger partial charge in [-0.25, -0.2) is 0 Å². The van der Waals surface area contributed by atoms with Gasteiger partial charge in [0.05, 0.1) is 12.0 Å². The molecule has 0 saturated heterocycles. The van der Waals surface area contributed by atoms with Crippen LogP contribution in [0.5, 0.6) is 0 Å². The number of Topliss-reactive ketones (excluding diaryl/α,β-unsaturated/α-hetero) is 1. The number of hydrogen-bond donors (Lipinski definition) is 1. The SMILES string of the molecule is CC1C(=O)C2(C)CCC(O)C(C#CC(O[Si](C)(C)C(C)(C)C)C3CCCCC3)C12. The van der Waals surface area contributed by atoms with E-state index >= 15 is 0 Å². The molecule has 4 heteroatoms. The van der Waals surface area contributed by atoms with Crippen molar-refractivity contribution in [2.24, 2.45) is 29.1 Å². The highest BCUT2D eigenvalue weighted by atomic mass is 28.4. The predicted octanol–water partition coefficient (Wildman–Crippen LogP) is 5.57. The van der Waals surface area contributed by atoms with Crippen molar-refractivity contribution in [3.63, 3.8) is 0 Å². The quantitative estimate of drug-likeness (QED) is 0.481. The van der Waals surface area contributed by atoms with Crippen molar-refractivity contribution < 1.29 is 14.3 Å². The van der Waals surface area contributed by atoms with Crippen molar-refractivity contribution in [2.45, 2.75) is 110 Å². The van der Waals surface area contributed by atoms with Crippen LogP contribution in [0, 0.1) is 40.9 Å². The van der Waals surface area contributed by atoms with Crippen molar-refractivity contribution in [1.29, 1.82) is 0 Å². The number of carbonyl (C=O) groups is 1. The lowest BCUT2D eigenvalue weighted by molar-refractivity contribution is -0.169. The Kier molecular flexibility index (Phi) is 6.46. The second-order valence-corrected chi connectivity index (χ2v) is 16.5. The average molecular weight is 419 g/mol. The lowest BCUT2D eigenvalue weighted by Crippen LogP contribution is -2.62. The molecule has 3 fully saturated rings. The molecule has 6 unspecified atom stereocenters. The molecule has 3 saturated carbocycles. The normalized spacial score (nSPS) is 37.2. The summed E-state index contributed by atoms with van der Waals surface area (Å²) in [6.45, 7) is 15.6. The van der Waals surface area contributed by atoms with E-state index in [-0.39, 0.29) is 34.3 Å². The maximum Gasteiger partial charge on any atom is 0.193 e. The van der Waals surface area contributed by atoms with E-state index in [4.69, 9.17) is 4.43 Å². The van der Waals surface area contributed by atoms with Crippen molar-refractivity contribution in [3.05, 3.63) is 0 Å². The Morgan fingerprint density at radius 1 is 1.17 bits per heavy atom. The Hall–Kier alpha value is -0.633. The third-order valence-corrected chi connectivity index (χ3v) is 13.2. The zero-order valence-corrected chi connectivity index (χ0v) is 20.7. The fraction of sp³-hybridized carbons (Fsp3) is 0.880. The summed E-state index contributed by atoms with van der Waals surface area (Å²) in [5.41, 5.74) is -0.279. The monoisotopic (exact) mass is 418 g/mol. The van der Waals surface area contributed by atoms with Crippen LogP contribution in [-0.2, 0) is 9.22 Å². The van der Waals surface area contributed by atoms with E-state index in [9.17, 15) is 9.90 Å². The molecule has 0 aromatic rings. The number of ketones is 1. The number of fused-ring (bicyclic) bond motifs is 1. The molecule has 3 rings (SSSR count). The van der Waals surface area contributed by atoms with Gasteiger partial charge in [0.1, 0.15) is 11.9 Å². The van der Waals surface area contributed by atoms with E-state index in [0.29, 0.717) is 18.1 Å². The highest BCUT2D eigenvalue weighted by molar-refractivity contribution is 6.74. The lowest BCUT2D eigenvalue weighted by atomic mass is 9.45. The molecule has 0 aromatic heterocycles. The lowest BCUT2D eigenvalue weighted by Gasteiger charge is -2.57. The van der Waals surface area contributed by atoms with Crippen molar-refractivity contribution in [2.75, 3.05) is 0 Å². The minimum Gasteiger partial charge on any atom is -0.403 e. The fourth-order valence-corrected chi connectivity index (χ4v) is 6.95. The van der Waals surface area contributed by atoms with Crippen LogP contribution >= 0.6 is 0 Å². The van der Waals surface area contributed by atoms with Gasteiger partial charge in [-0.05, 0) is 55.7 Å². The van der Waals surface area contributed by atoms with E-state index in [0.717, 1.165) is 6.42 Å². The zero-order chi connectivity index (χ0) is 21.6. The van der Waals surface area contributed by atoms with Crippen molar-refractivity contribution in [3.8, 4) is 11.8 Å². The maximum absolute atomic E-state index is 12.5. The van der Waals surface area contributed by atoms with Crippen LogP contribution in [0.25, 0.3) is 0 Å². The first-order chi connectivity index (χ1) is 13.4. The molecule has 3 nitrogen and oxygen atoms in total. The van der Waals surface area contributed by atoms with Gasteiger partial charge in [0.15, 0.2) is 8.32 Å². The number of aliphatic hydroxyl groups is 1. The number of hydrogen-bond acceptors (Lipinski definition) is 3. The van der Waals surface area contributed by atoms with Crippen LogP contribution < -0.4 is 0 Å². The minimum absolute atomic E-state index is 0.0173. The van der Waals surface area contributed by atoms with E-state index in [1.807, 2.05) is 6.92 Å². The first kappa shape index (κ1) is 23.0. The molecule has 1 N–H and O–H groups in total. The van der Waals surface area contributed by atoms with E-state index < -0.39 is 14.4 Å². The molecule has 3 aliphatic carbocycles. The Morgan fingerprint density at radius 3 is 2.38 bits per heavy atom. The molecule has 0 heterocycles. The largest absolute Gasteiger partial charge is 0.403 e. The molecule has 0 aromatic carbocycles. The molecule has 0 radical (unpaired) electrons. The molecule has 0 bridgehead atoms. The third kappa shape index (κ3) is 4.25. The first-order valence-electron chi connectivity index (χ1n) is 11.8. The predicted molar refractivity (Wildman–Crippen MR) is 121 cm³/mol. The third-order valence-electron chi connectivity index (χ3n) is 8.71. The second-order valence-electron chi connectivity index (χ2n) is 11.7. The van der Waals surface area contributed by atoms with Crippen LogP contribution in [0.4, 0.5) is 0 Å². The van der Waals surface area contributed by atoms with Crippen molar-refractivity contribution in [1.82, 2.24) is 0 Å². The summed E-state index contributed by atoms with van der Waals surface area (Å²) in [4.78, 5) is 12.5. The van der Waals surface area contributed by atoms with Gasteiger partial charge >= 0.3 is 0 Å². The average Bonchev–Trinajstić information content (AvgIpc) is 2.66. The van der Waals surface area contributed by atoms with Gasteiger partial charge in [0.2, 0.25) is 0 Å². The van der Waals surface area contributed by atoms with Gasteiger partial charge in [-0.2, -0.15) is 0 Å². The van der Waals surface area contributed by atoms with Gasteiger partial charge in [-0.3, -0.25) is 4.79 Å². The van der Waals surface area contributed by atoms with Crippen molar-refractivity contribution >= 4 is 14.1 Å². The summed E-state index contributed by atoms with van der Waals surface area (Å²) in [6, 6.07) is 0. The Balaban J connectivity index is 1.86. The summed E-state index contributed by atoms with van der Waals surface area (Å²) >= 11 is 0. The molecular formula is C25H42O3Si. The standard InChI is InChI=1S/C25H42O3Si/c1-17-22-19(20(26)15-16-25(22,5)23(17)27)13-14-21(18-11-9-8-10-12-18)28-29(6,7)24(2,3)4/h17-22,26H,8-12,15-16H2,1-7H3. The number of aliphatic hydroxyl groups excluding tert-OH is 1. The van der Waals surface area contributed by atoms with E-state index in [1.165, 1.54) is 32.1 Å². The van der Waals surface area contributed by atoms with Crippen LogP contribution in [0.15, 0.2) is 0 Å². The van der Waals surface area contributed by atoms with Crippen LogP contribution in [0.2, 0.25) is 18.1 Å². The molecule has 6 atom stereocenters. The Bertz CT molecular complexity index is 676. The van der Waals surface area contributed by atoms with Crippen LogP contribution in [0.3, 0.4) is 0 Å². The topological polar surface area (TPSA) is 46.5 Å². The van der Waals surface area contributed by atoms with Gasteiger partial charge in [-0.15, -0.1) is 0 Å².